The number of hydrogen-bond donors (Lipinski definition) is 3. The Labute approximate surface area is 196 Å². The summed E-state index contributed by atoms with van der Waals surface area (Å²) >= 11 is 6.32. The summed E-state index contributed by atoms with van der Waals surface area (Å²) in [6, 6.07) is 1.81. The SMILES string of the molecule is CC(N[C@H](C(C)C)C(O)N1CCC(C2CCC(Cl)CC2)CC1)C1CC2CCCCC2N1. The molecule has 0 amide bonds. The Morgan fingerprint density at radius 2 is 1.52 bits per heavy atom. The van der Waals surface area contributed by atoms with Crippen LogP contribution in [0.15, 0.2) is 0 Å². The highest BCUT2D eigenvalue weighted by molar-refractivity contribution is 6.20. The maximum Gasteiger partial charge on any atom is 0.123 e. The van der Waals surface area contributed by atoms with Crippen molar-refractivity contribution < 1.29 is 5.11 Å². The van der Waals surface area contributed by atoms with Gasteiger partial charge in [-0.3, -0.25) is 4.90 Å². The van der Waals surface area contributed by atoms with Gasteiger partial charge in [0, 0.05) is 42.6 Å². The summed E-state index contributed by atoms with van der Waals surface area (Å²) < 4.78 is 0. The quantitative estimate of drug-likeness (QED) is 0.487. The first-order valence-corrected chi connectivity index (χ1v) is 13.9. The molecule has 4 nitrogen and oxygen atoms in total. The lowest BCUT2D eigenvalue weighted by molar-refractivity contribution is -0.0588. The van der Waals surface area contributed by atoms with Crippen LogP contribution in [0.3, 0.4) is 0 Å². The van der Waals surface area contributed by atoms with Gasteiger partial charge in [-0.25, -0.2) is 0 Å². The van der Waals surface area contributed by atoms with Crippen molar-refractivity contribution in [2.45, 2.75) is 127 Å². The second-order valence-electron chi connectivity index (χ2n) is 11.7. The second-order valence-corrected chi connectivity index (χ2v) is 12.3. The number of likely N-dealkylation sites (tertiary alicyclic amines) is 1. The number of nitrogens with one attached hydrogen (secondary N) is 2. The maximum atomic E-state index is 11.4. The van der Waals surface area contributed by atoms with Gasteiger partial charge >= 0.3 is 0 Å². The van der Waals surface area contributed by atoms with Crippen LogP contribution in [0.1, 0.15) is 91.4 Å². The van der Waals surface area contributed by atoms with Gasteiger partial charge in [0.05, 0.1) is 0 Å². The van der Waals surface area contributed by atoms with E-state index >= 15 is 0 Å². The number of alkyl halides is 1. The lowest BCUT2D eigenvalue weighted by Gasteiger charge is -2.43. The number of hydrogen-bond acceptors (Lipinski definition) is 4. The van der Waals surface area contributed by atoms with Gasteiger partial charge in [-0.2, -0.15) is 0 Å². The van der Waals surface area contributed by atoms with Crippen LogP contribution in [0.2, 0.25) is 0 Å². The molecule has 3 N–H and O–H groups in total. The highest BCUT2D eigenvalue weighted by atomic mass is 35.5. The number of nitrogens with zero attached hydrogens (tertiary/aromatic N) is 1. The van der Waals surface area contributed by atoms with Crippen LogP contribution in [0, 0.1) is 23.7 Å². The van der Waals surface area contributed by atoms with E-state index in [4.69, 9.17) is 11.6 Å². The lowest BCUT2D eigenvalue weighted by Crippen LogP contribution is -2.59. The summed E-state index contributed by atoms with van der Waals surface area (Å²) in [5, 5.41) is 19.6. The Morgan fingerprint density at radius 3 is 2.16 bits per heavy atom. The Hall–Kier alpha value is 0.130. The van der Waals surface area contributed by atoms with Gasteiger partial charge in [0.1, 0.15) is 6.23 Å². The van der Waals surface area contributed by atoms with Crippen molar-refractivity contribution in [3.8, 4) is 0 Å². The molecule has 4 aliphatic rings. The van der Waals surface area contributed by atoms with E-state index in [9.17, 15) is 5.11 Å². The Balaban J connectivity index is 1.27. The van der Waals surface area contributed by atoms with E-state index < -0.39 is 0 Å². The number of halogens is 1. The van der Waals surface area contributed by atoms with E-state index in [-0.39, 0.29) is 12.3 Å². The largest absolute Gasteiger partial charge is 0.377 e. The zero-order chi connectivity index (χ0) is 22.0. The molecule has 0 aromatic heterocycles. The lowest BCUT2D eigenvalue weighted by atomic mass is 9.75. The molecule has 0 spiro atoms. The molecule has 4 fully saturated rings. The first-order valence-electron chi connectivity index (χ1n) is 13.5. The first-order chi connectivity index (χ1) is 14.9. The molecule has 31 heavy (non-hydrogen) atoms. The van der Waals surface area contributed by atoms with Gasteiger partial charge in [-0.15, -0.1) is 11.6 Å². The second kappa shape index (κ2) is 11.0. The van der Waals surface area contributed by atoms with Crippen molar-refractivity contribution in [3.63, 3.8) is 0 Å². The van der Waals surface area contributed by atoms with E-state index in [2.05, 4.69) is 36.3 Å². The Kier molecular flexibility index (Phi) is 8.64. The van der Waals surface area contributed by atoms with Crippen molar-refractivity contribution in [1.29, 1.82) is 0 Å². The minimum atomic E-state index is -0.384. The van der Waals surface area contributed by atoms with E-state index in [1.807, 2.05) is 0 Å². The van der Waals surface area contributed by atoms with Crippen molar-refractivity contribution in [2.75, 3.05) is 13.1 Å². The molecule has 5 unspecified atom stereocenters. The molecule has 2 saturated heterocycles. The Morgan fingerprint density at radius 1 is 0.871 bits per heavy atom. The summed E-state index contributed by atoms with van der Waals surface area (Å²) in [6.07, 6.45) is 14.0. The first kappa shape index (κ1) is 24.3. The summed E-state index contributed by atoms with van der Waals surface area (Å²) in [4.78, 5) is 2.36. The van der Waals surface area contributed by atoms with Crippen LogP contribution < -0.4 is 10.6 Å². The normalized spacial score (nSPS) is 38.7. The number of aliphatic hydroxyl groups excluding tert-OH is 1. The molecular formula is C26H48ClN3O. The predicted molar refractivity (Wildman–Crippen MR) is 130 cm³/mol. The van der Waals surface area contributed by atoms with Crippen molar-refractivity contribution in [2.24, 2.45) is 23.7 Å². The third kappa shape index (κ3) is 5.98. The molecule has 4 rings (SSSR count). The minimum Gasteiger partial charge on any atom is -0.377 e. The van der Waals surface area contributed by atoms with Crippen LogP contribution in [0.4, 0.5) is 0 Å². The fraction of sp³-hybridized carbons (Fsp3) is 1.00. The van der Waals surface area contributed by atoms with Gasteiger partial charge in [0.25, 0.3) is 0 Å². The van der Waals surface area contributed by atoms with Gasteiger partial charge < -0.3 is 15.7 Å². The smallest absolute Gasteiger partial charge is 0.123 e. The van der Waals surface area contributed by atoms with Crippen molar-refractivity contribution in [3.05, 3.63) is 0 Å². The standard InChI is InChI=1S/C26H48ClN3O/c1-17(2)25(28-18(3)24-16-21-6-4-5-7-23(21)29-24)26(31)30-14-12-20(13-15-30)19-8-10-22(27)11-9-19/h17-26,28-29,31H,4-16H2,1-3H3/t18?,19?,21?,22?,23?,24?,25-,26?/m1/s1. The average molecular weight is 454 g/mol. The molecule has 6 atom stereocenters. The van der Waals surface area contributed by atoms with Gasteiger partial charge in [-0.05, 0) is 88.4 Å². The van der Waals surface area contributed by atoms with E-state index in [1.54, 1.807) is 0 Å². The van der Waals surface area contributed by atoms with Gasteiger partial charge in [0.2, 0.25) is 0 Å². The highest BCUT2D eigenvalue weighted by Crippen LogP contribution is 2.38. The summed E-state index contributed by atoms with van der Waals surface area (Å²) in [6.45, 7) is 8.92. The Bertz CT molecular complexity index is 531. The third-order valence-electron chi connectivity index (χ3n) is 9.31. The van der Waals surface area contributed by atoms with Crippen LogP contribution in [0.25, 0.3) is 0 Å². The van der Waals surface area contributed by atoms with Crippen LogP contribution in [-0.4, -0.2) is 58.9 Å². The van der Waals surface area contributed by atoms with Gasteiger partial charge in [-0.1, -0.05) is 26.7 Å². The monoisotopic (exact) mass is 453 g/mol. The third-order valence-corrected chi connectivity index (χ3v) is 9.75. The van der Waals surface area contributed by atoms with Crippen LogP contribution in [0.5, 0.6) is 0 Å². The molecular weight excluding hydrogens is 406 g/mol. The maximum absolute atomic E-state index is 11.4. The minimum absolute atomic E-state index is 0.127. The summed E-state index contributed by atoms with van der Waals surface area (Å²) in [5.41, 5.74) is 0. The molecule has 2 heterocycles. The molecule has 0 aromatic rings. The van der Waals surface area contributed by atoms with Crippen LogP contribution in [-0.2, 0) is 0 Å². The molecule has 2 aliphatic carbocycles. The molecule has 2 saturated carbocycles. The molecule has 180 valence electrons. The van der Waals surface area contributed by atoms with Gasteiger partial charge in [0.15, 0.2) is 0 Å². The van der Waals surface area contributed by atoms with Crippen LogP contribution >= 0.6 is 11.6 Å². The zero-order valence-corrected chi connectivity index (χ0v) is 21.0. The van der Waals surface area contributed by atoms with E-state index in [1.165, 1.54) is 70.6 Å². The van der Waals surface area contributed by atoms with Crippen molar-refractivity contribution in [1.82, 2.24) is 15.5 Å². The average Bonchev–Trinajstić information content (AvgIpc) is 3.22. The predicted octanol–water partition coefficient (Wildman–Crippen LogP) is 4.74. The van der Waals surface area contributed by atoms with Crippen molar-refractivity contribution >= 4 is 11.6 Å². The molecule has 0 radical (unpaired) electrons. The molecule has 0 aromatic carbocycles. The molecule has 2 aliphatic heterocycles. The summed E-state index contributed by atoms with van der Waals surface area (Å²) in [5.74, 6) is 2.99. The number of aliphatic hydroxyl groups is 1. The van der Waals surface area contributed by atoms with E-state index in [0.29, 0.717) is 23.4 Å². The number of rotatable bonds is 7. The fourth-order valence-electron chi connectivity index (χ4n) is 7.20. The zero-order valence-electron chi connectivity index (χ0n) is 20.2. The fourth-order valence-corrected chi connectivity index (χ4v) is 7.45. The number of fused-ring (bicyclic) bond motifs is 1. The van der Waals surface area contributed by atoms with E-state index in [0.717, 1.165) is 36.9 Å². The summed E-state index contributed by atoms with van der Waals surface area (Å²) in [7, 11) is 0. The topological polar surface area (TPSA) is 47.5 Å². The molecule has 5 heteroatoms. The highest BCUT2D eigenvalue weighted by Gasteiger charge is 2.39. The molecule has 0 bridgehead atoms. The number of piperidine rings is 1.